The van der Waals surface area contributed by atoms with E-state index in [0.717, 1.165) is 22.2 Å². The lowest BCUT2D eigenvalue weighted by Crippen LogP contribution is -2.14. The lowest BCUT2D eigenvalue weighted by molar-refractivity contribution is -0.134. The Morgan fingerprint density at radius 1 is 1.30 bits per heavy atom. The number of nitrogens with one attached hydrogen (secondary N) is 1. The minimum absolute atomic E-state index is 0.167. The lowest BCUT2D eigenvalue weighted by atomic mass is 10.2. The van der Waals surface area contributed by atoms with Gasteiger partial charge < -0.3 is 10.4 Å². The third-order valence-electron chi connectivity index (χ3n) is 2.66. The van der Waals surface area contributed by atoms with Gasteiger partial charge in [-0.3, -0.25) is 4.79 Å². The summed E-state index contributed by atoms with van der Waals surface area (Å²) in [5.74, 6) is 0.189. The number of aromatic nitrogens is 2. The van der Waals surface area contributed by atoms with Crippen molar-refractivity contribution in [1.82, 2.24) is 9.97 Å². The molecule has 0 aliphatic rings. The van der Waals surface area contributed by atoms with Crippen LogP contribution >= 0.6 is 15.9 Å². The van der Waals surface area contributed by atoms with E-state index in [1.54, 1.807) is 6.07 Å². The molecule has 0 aliphatic heterocycles. The molecule has 1 heterocycles. The molecule has 20 heavy (non-hydrogen) atoms. The zero-order valence-electron chi connectivity index (χ0n) is 10.9. The fourth-order valence-electron chi connectivity index (χ4n) is 1.66. The van der Waals surface area contributed by atoms with Crippen molar-refractivity contribution in [3.8, 4) is 11.4 Å². The molecule has 0 amide bonds. The molecule has 0 saturated carbocycles. The Morgan fingerprint density at radius 2 is 2.00 bits per heavy atom. The minimum Gasteiger partial charge on any atom is -0.480 e. The molecule has 0 fully saturated rings. The van der Waals surface area contributed by atoms with E-state index >= 15 is 0 Å². The molecule has 1 aromatic heterocycles. The summed E-state index contributed by atoms with van der Waals surface area (Å²) in [6.45, 7) is 1.83. The van der Waals surface area contributed by atoms with E-state index in [-0.39, 0.29) is 6.54 Å². The van der Waals surface area contributed by atoms with Gasteiger partial charge in [-0.25, -0.2) is 9.97 Å². The Kier molecular flexibility index (Phi) is 4.68. The summed E-state index contributed by atoms with van der Waals surface area (Å²) in [6.07, 6.45) is 0.758. The average molecular weight is 336 g/mol. The van der Waals surface area contributed by atoms with E-state index < -0.39 is 5.97 Å². The van der Waals surface area contributed by atoms with Crippen LogP contribution in [0.15, 0.2) is 34.8 Å². The maximum atomic E-state index is 10.6. The number of anilines is 1. The van der Waals surface area contributed by atoms with Gasteiger partial charge in [0.2, 0.25) is 0 Å². The summed E-state index contributed by atoms with van der Waals surface area (Å²) >= 11 is 3.38. The van der Waals surface area contributed by atoms with Crippen LogP contribution in [0.4, 0.5) is 5.82 Å². The lowest BCUT2D eigenvalue weighted by Gasteiger charge is -2.08. The zero-order chi connectivity index (χ0) is 14.5. The Hall–Kier alpha value is -1.95. The van der Waals surface area contributed by atoms with Crippen molar-refractivity contribution in [2.45, 2.75) is 13.3 Å². The number of aliphatic carboxylic acids is 1. The monoisotopic (exact) mass is 335 g/mol. The third-order valence-corrected chi connectivity index (χ3v) is 3.19. The summed E-state index contributed by atoms with van der Waals surface area (Å²) in [7, 11) is 0. The van der Waals surface area contributed by atoms with Crippen LogP contribution in [0.1, 0.15) is 12.6 Å². The molecule has 0 bridgehead atoms. The van der Waals surface area contributed by atoms with Crippen molar-refractivity contribution >= 4 is 27.7 Å². The molecule has 2 rings (SSSR count). The molecule has 1 aromatic carbocycles. The van der Waals surface area contributed by atoms with Gasteiger partial charge in [0.05, 0.1) is 0 Å². The number of nitrogens with zero attached hydrogens (tertiary/aromatic N) is 2. The highest BCUT2D eigenvalue weighted by Gasteiger charge is 2.07. The molecule has 2 N–H and O–H groups in total. The van der Waals surface area contributed by atoms with Crippen molar-refractivity contribution in [2.75, 3.05) is 11.9 Å². The van der Waals surface area contributed by atoms with Gasteiger partial charge in [-0.05, 0) is 18.6 Å². The highest BCUT2D eigenvalue weighted by molar-refractivity contribution is 9.10. The third kappa shape index (κ3) is 3.77. The van der Waals surface area contributed by atoms with E-state index in [9.17, 15) is 4.79 Å². The SMILES string of the molecule is CCc1cc(NCC(=O)O)nc(-c2ccc(Br)cc2)n1. The Balaban J connectivity index is 2.34. The van der Waals surface area contributed by atoms with E-state index in [4.69, 9.17) is 5.11 Å². The van der Waals surface area contributed by atoms with Gasteiger partial charge in [0.15, 0.2) is 5.82 Å². The van der Waals surface area contributed by atoms with Crippen LogP contribution in [-0.2, 0) is 11.2 Å². The number of hydrogen-bond donors (Lipinski definition) is 2. The Labute approximate surface area is 125 Å². The van der Waals surface area contributed by atoms with E-state index in [2.05, 4.69) is 31.2 Å². The molecular formula is C14H14BrN3O2. The number of carboxylic acids is 1. The van der Waals surface area contributed by atoms with Crippen LogP contribution in [0.3, 0.4) is 0 Å². The molecule has 0 atom stereocenters. The smallest absolute Gasteiger partial charge is 0.322 e. The van der Waals surface area contributed by atoms with Crippen molar-refractivity contribution in [3.63, 3.8) is 0 Å². The highest BCUT2D eigenvalue weighted by Crippen LogP contribution is 2.20. The second kappa shape index (κ2) is 6.47. The number of carbonyl (C=O) groups is 1. The first kappa shape index (κ1) is 14.5. The molecule has 104 valence electrons. The molecule has 6 heteroatoms. The predicted molar refractivity (Wildman–Crippen MR) is 80.7 cm³/mol. The number of hydrogen-bond acceptors (Lipinski definition) is 4. The number of aryl methyl sites for hydroxylation is 1. The number of benzene rings is 1. The first-order valence-corrected chi connectivity index (χ1v) is 6.97. The summed E-state index contributed by atoms with van der Waals surface area (Å²) in [4.78, 5) is 19.4. The molecule has 5 nitrogen and oxygen atoms in total. The van der Waals surface area contributed by atoms with Crippen molar-refractivity contribution in [1.29, 1.82) is 0 Å². The molecule has 0 unspecified atom stereocenters. The van der Waals surface area contributed by atoms with Crippen molar-refractivity contribution < 1.29 is 9.90 Å². The van der Waals surface area contributed by atoms with Crippen LogP contribution in [0.5, 0.6) is 0 Å². The molecule has 0 spiro atoms. The standard InChI is InChI=1S/C14H14BrN3O2/c1-2-11-7-12(16-8-13(19)20)18-14(17-11)9-3-5-10(15)6-4-9/h3-7H,2,8H2,1H3,(H,19,20)(H,16,17,18). The van der Waals surface area contributed by atoms with Crippen molar-refractivity contribution in [3.05, 3.63) is 40.5 Å². The van der Waals surface area contributed by atoms with Gasteiger partial charge in [0.25, 0.3) is 0 Å². The van der Waals surface area contributed by atoms with Gasteiger partial charge in [-0.15, -0.1) is 0 Å². The topological polar surface area (TPSA) is 75.1 Å². The van der Waals surface area contributed by atoms with Gasteiger partial charge in [0, 0.05) is 21.8 Å². The highest BCUT2D eigenvalue weighted by atomic mass is 79.9. The Morgan fingerprint density at radius 3 is 2.60 bits per heavy atom. The molecular weight excluding hydrogens is 322 g/mol. The van der Waals surface area contributed by atoms with Gasteiger partial charge in [0.1, 0.15) is 12.4 Å². The van der Waals surface area contributed by atoms with Crippen molar-refractivity contribution in [2.24, 2.45) is 0 Å². The zero-order valence-corrected chi connectivity index (χ0v) is 12.5. The van der Waals surface area contributed by atoms with Crippen LogP contribution in [0.25, 0.3) is 11.4 Å². The molecule has 0 saturated heterocycles. The number of halogens is 1. The summed E-state index contributed by atoms with van der Waals surface area (Å²) in [5, 5.41) is 11.5. The van der Waals surface area contributed by atoms with Crippen LogP contribution in [0.2, 0.25) is 0 Å². The predicted octanol–water partition coefficient (Wildman–Crippen LogP) is 2.97. The molecule has 0 aliphatic carbocycles. The van der Waals surface area contributed by atoms with E-state index in [1.807, 2.05) is 31.2 Å². The first-order valence-electron chi connectivity index (χ1n) is 6.18. The number of rotatable bonds is 5. The van der Waals surface area contributed by atoms with Gasteiger partial charge in [-0.1, -0.05) is 35.0 Å². The average Bonchev–Trinajstić information content (AvgIpc) is 2.45. The molecule has 2 aromatic rings. The van der Waals surface area contributed by atoms with E-state index in [1.165, 1.54) is 0 Å². The quantitative estimate of drug-likeness (QED) is 0.878. The second-order valence-corrected chi connectivity index (χ2v) is 5.09. The second-order valence-electron chi connectivity index (χ2n) is 4.18. The molecule has 0 radical (unpaired) electrons. The van der Waals surface area contributed by atoms with E-state index in [0.29, 0.717) is 11.6 Å². The summed E-state index contributed by atoms with van der Waals surface area (Å²) in [5.41, 5.74) is 1.76. The summed E-state index contributed by atoms with van der Waals surface area (Å²) in [6, 6.07) is 9.44. The van der Waals surface area contributed by atoms with Crippen LogP contribution in [-0.4, -0.2) is 27.6 Å². The van der Waals surface area contributed by atoms with Crippen LogP contribution < -0.4 is 5.32 Å². The fraction of sp³-hybridized carbons (Fsp3) is 0.214. The largest absolute Gasteiger partial charge is 0.480 e. The number of carboxylic acid groups (broad SMARTS) is 1. The Bertz CT molecular complexity index is 614. The first-order chi connectivity index (χ1) is 9.58. The summed E-state index contributed by atoms with van der Waals surface area (Å²) < 4.78 is 0.983. The maximum Gasteiger partial charge on any atom is 0.322 e. The normalized spacial score (nSPS) is 10.3. The fourth-order valence-corrected chi connectivity index (χ4v) is 1.93. The van der Waals surface area contributed by atoms with Gasteiger partial charge in [-0.2, -0.15) is 0 Å². The maximum absolute atomic E-state index is 10.6. The minimum atomic E-state index is -0.924. The van der Waals surface area contributed by atoms with Crippen LogP contribution in [0, 0.1) is 0 Å². The van der Waals surface area contributed by atoms with Gasteiger partial charge >= 0.3 is 5.97 Å².